The van der Waals surface area contributed by atoms with Crippen molar-refractivity contribution in [3.63, 3.8) is 0 Å². The molecule has 0 aromatic heterocycles. The molecule has 2 rings (SSSR count). The van der Waals surface area contributed by atoms with Crippen LogP contribution in [0.25, 0.3) is 0 Å². The molecule has 16 heavy (non-hydrogen) atoms. The van der Waals surface area contributed by atoms with E-state index < -0.39 is 0 Å². The minimum absolute atomic E-state index is 0.105. The molecule has 0 fully saturated rings. The molecular weight excluding hydrogens is 206 g/mol. The van der Waals surface area contributed by atoms with E-state index in [4.69, 9.17) is 14.3 Å². The molecule has 1 aliphatic rings. The lowest BCUT2D eigenvalue weighted by molar-refractivity contribution is 0.0815. The Morgan fingerprint density at radius 1 is 1.25 bits per heavy atom. The lowest BCUT2D eigenvalue weighted by Gasteiger charge is -2.16. The number of rotatable bonds is 3. The van der Waals surface area contributed by atoms with Crippen molar-refractivity contribution in [1.82, 2.24) is 0 Å². The van der Waals surface area contributed by atoms with Crippen LogP contribution in [0.4, 0.5) is 0 Å². The van der Waals surface area contributed by atoms with E-state index in [9.17, 15) is 0 Å². The first-order valence-corrected chi connectivity index (χ1v) is 5.16. The topological polar surface area (TPSA) is 40.0 Å². The van der Waals surface area contributed by atoms with Crippen LogP contribution in [0.15, 0.2) is 23.4 Å². The third-order valence-electron chi connectivity index (χ3n) is 2.60. The van der Waals surface area contributed by atoms with Gasteiger partial charge in [0.2, 0.25) is 0 Å². The molecular formula is C12H15NO3. The maximum Gasteiger partial charge on any atom is 0.165 e. The summed E-state index contributed by atoms with van der Waals surface area (Å²) in [6.45, 7) is 1.95. The molecule has 1 aromatic carbocycles. The Morgan fingerprint density at radius 2 is 1.88 bits per heavy atom. The van der Waals surface area contributed by atoms with Gasteiger partial charge in [0.25, 0.3) is 0 Å². The Morgan fingerprint density at radius 3 is 2.31 bits per heavy atom. The number of oxime groups is 1. The normalized spacial score (nSPS) is 18.9. The van der Waals surface area contributed by atoms with Crippen molar-refractivity contribution in [2.24, 2.45) is 5.16 Å². The van der Waals surface area contributed by atoms with E-state index in [0.717, 1.165) is 29.2 Å². The molecule has 1 aliphatic heterocycles. The quantitative estimate of drug-likeness (QED) is 0.787. The molecule has 4 nitrogen and oxygen atoms in total. The highest BCUT2D eigenvalue weighted by Gasteiger charge is 2.27. The summed E-state index contributed by atoms with van der Waals surface area (Å²) in [4.78, 5) is 5.36. The molecule has 0 aliphatic carbocycles. The van der Waals surface area contributed by atoms with Gasteiger partial charge in [-0.15, -0.1) is 0 Å². The second kappa shape index (κ2) is 4.43. The number of hydrogen-bond donors (Lipinski definition) is 0. The first-order valence-electron chi connectivity index (χ1n) is 5.16. The smallest absolute Gasteiger partial charge is 0.165 e. The number of methoxy groups -OCH3 is 2. The van der Waals surface area contributed by atoms with Gasteiger partial charge in [0, 0.05) is 6.42 Å². The van der Waals surface area contributed by atoms with Crippen LogP contribution in [0, 0.1) is 0 Å². The zero-order chi connectivity index (χ0) is 11.5. The van der Waals surface area contributed by atoms with Crippen LogP contribution in [0.1, 0.15) is 25.0 Å². The largest absolute Gasteiger partial charge is 0.496 e. The van der Waals surface area contributed by atoms with Crippen molar-refractivity contribution in [1.29, 1.82) is 0 Å². The Hall–Kier alpha value is -1.71. The summed E-state index contributed by atoms with van der Waals surface area (Å²) in [6, 6.07) is 5.69. The van der Waals surface area contributed by atoms with E-state index in [1.165, 1.54) is 0 Å². The molecule has 4 heteroatoms. The summed E-state index contributed by atoms with van der Waals surface area (Å²) < 4.78 is 10.6. The van der Waals surface area contributed by atoms with Crippen LogP contribution in [-0.2, 0) is 4.84 Å². The molecule has 0 radical (unpaired) electrons. The summed E-state index contributed by atoms with van der Waals surface area (Å²) in [7, 11) is 3.28. The van der Waals surface area contributed by atoms with Crippen molar-refractivity contribution in [2.75, 3.05) is 14.2 Å². The fourth-order valence-electron chi connectivity index (χ4n) is 1.85. The molecule has 0 amide bonds. The second-order valence-corrected chi connectivity index (χ2v) is 3.70. The Bertz CT molecular complexity index is 392. The van der Waals surface area contributed by atoms with Gasteiger partial charge in [-0.05, 0) is 19.1 Å². The Kier molecular flexibility index (Phi) is 2.99. The summed E-state index contributed by atoms with van der Waals surface area (Å²) in [6.07, 6.45) is 0.669. The third-order valence-corrected chi connectivity index (χ3v) is 2.60. The van der Waals surface area contributed by atoms with Crippen molar-refractivity contribution in [3.05, 3.63) is 23.8 Å². The highest BCUT2D eigenvalue weighted by atomic mass is 16.6. The molecule has 1 aromatic rings. The maximum absolute atomic E-state index is 5.36. The summed E-state index contributed by atoms with van der Waals surface area (Å²) in [5.74, 6) is 1.54. The molecule has 0 spiro atoms. The van der Waals surface area contributed by atoms with E-state index >= 15 is 0 Å². The first kappa shape index (κ1) is 10.8. The first-order chi connectivity index (χ1) is 7.76. The Labute approximate surface area is 94.8 Å². The van der Waals surface area contributed by atoms with Crippen LogP contribution in [0.5, 0.6) is 11.5 Å². The summed E-state index contributed by atoms with van der Waals surface area (Å²) in [5, 5.41) is 3.95. The lowest BCUT2D eigenvalue weighted by atomic mass is 10.0. The molecule has 0 saturated heterocycles. The monoisotopic (exact) mass is 221 g/mol. The van der Waals surface area contributed by atoms with Gasteiger partial charge in [0.15, 0.2) is 6.10 Å². The average Bonchev–Trinajstić information content (AvgIpc) is 2.74. The molecule has 1 unspecified atom stereocenters. The highest BCUT2D eigenvalue weighted by molar-refractivity contribution is 5.83. The van der Waals surface area contributed by atoms with E-state index in [1.807, 2.05) is 25.1 Å². The van der Waals surface area contributed by atoms with Gasteiger partial charge in [-0.1, -0.05) is 11.2 Å². The van der Waals surface area contributed by atoms with Gasteiger partial charge >= 0.3 is 0 Å². The summed E-state index contributed by atoms with van der Waals surface area (Å²) >= 11 is 0. The second-order valence-electron chi connectivity index (χ2n) is 3.70. The highest BCUT2D eigenvalue weighted by Crippen LogP contribution is 2.39. The maximum atomic E-state index is 5.36. The van der Waals surface area contributed by atoms with Gasteiger partial charge in [-0.3, -0.25) is 0 Å². The molecule has 0 bridgehead atoms. The Balaban J connectivity index is 2.37. The van der Waals surface area contributed by atoms with Crippen LogP contribution >= 0.6 is 0 Å². The fraction of sp³-hybridized carbons (Fsp3) is 0.417. The zero-order valence-corrected chi connectivity index (χ0v) is 9.69. The van der Waals surface area contributed by atoms with Crippen molar-refractivity contribution in [2.45, 2.75) is 19.4 Å². The SMILES string of the molecule is COc1cccc(OC)c1C1CC(C)=NO1. The average molecular weight is 221 g/mol. The molecule has 86 valence electrons. The lowest BCUT2D eigenvalue weighted by Crippen LogP contribution is -2.03. The predicted octanol–water partition coefficient (Wildman–Crippen LogP) is 2.54. The zero-order valence-electron chi connectivity index (χ0n) is 9.69. The minimum atomic E-state index is -0.105. The molecule has 1 heterocycles. The van der Waals surface area contributed by atoms with Gasteiger partial charge in [0.1, 0.15) is 11.5 Å². The number of ether oxygens (including phenoxy) is 2. The number of hydrogen-bond acceptors (Lipinski definition) is 4. The number of nitrogens with zero attached hydrogens (tertiary/aromatic N) is 1. The van der Waals surface area contributed by atoms with Crippen LogP contribution < -0.4 is 9.47 Å². The van der Waals surface area contributed by atoms with Gasteiger partial charge in [-0.2, -0.15) is 0 Å². The summed E-state index contributed by atoms with van der Waals surface area (Å²) in [5.41, 5.74) is 1.91. The molecule has 0 saturated carbocycles. The van der Waals surface area contributed by atoms with Crippen LogP contribution in [-0.4, -0.2) is 19.9 Å². The minimum Gasteiger partial charge on any atom is -0.496 e. The van der Waals surface area contributed by atoms with Crippen molar-refractivity contribution in [3.8, 4) is 11.5 Å². The van der Waals surface area contributed by atoms with Crippen LogP contribution in [0.2, 0.25) is 0 Å². The predicted molar refractivity (Wildman–Crippen MR) is 61.1 cm³/mol. The van der Waals surface area contributed by atoms with E-state index in [2.05, 4.69) is 5.16 Å². The molecule has 0 N–H and O–H groups in total. The fourth-order valence-corrected chi connectivity index (χ4v) is 1.85. The van der Waals surface area contributed by atoms with Crippen LogP contribution in [0.3, 0.4) is 0 Å². The van der Waals surface area contributed by atoms with E-state index in [-0.39, 0.29) is 6.10 Å². The number of benzene rings is 1. The standard InChI is InChI=1S/C12H15NO3/c1-8-7-11(16-13-8)12-9(14-2)5-4-6-10(12)15-3/h4-6,11H,7H2,1-3H3. The van der Waals surface area contributed by atoms with E-state index in [1.54, 1.807) is 14.2 Å². The third kappa shape index (κ3) is 1.83. The van der Waals surface area contributed by atoms with Gasteiger partial charge in [-0.25, -0.2) is 0 Å². The molecule has 1 atom stereocenters. The van der Waals surface area contributed by atoms with Gasteiger partial charge in [0.05, 0.1) is 25.5 Å². The van der Waals surface area contributed by atoms with Crippen molar-refractivity contribution >= 4 is 5.71 Å². The van der Waals surface area contributed by atoms with Gasteiger partial charge < -0.3 is 14.3 Å². The van der Waals surface area contributed by atoms with E-state index in [0.29, 0.717) is 0 Å². The van der Waals surface area contributed by atoms with Crippen molar-refractivity contribution < 1.29 is 14.3 Å².